The molecule has 0 bridgehead atoms. The Morgan fingerprint density at radius 3 is 1.61 bits per heavy atom. The van der Waals surface area contributed by atoms with Gasteiger partial charge >= 0.3 is 29.6 Å². The molecule has 0 aliphatic carbocycles. The number of benzene rings is 4. The summed E-state index contributed by atoms with van der Waals surface area (Å²) in [6.07, 6.45) is 1.70. The number of rotatable bonds is 10. The molecule has 16 heteroatoms. The first-order chi connectivity index (χ1) is 26.6. The SMILES string of the molecule is CCOc1cc(C=O)ccc1O.COc1cc(C)ccc1O.COc1cc(C=O)ccc1O.COc1ccc(OC(C)C(=O)[O-])cc1.Cc1occc(=O)c1O.[Na+]. The summed E-state index contributed by atoms with van der Waals surface area (Å²) < 4.78 is 29.4. The zero-order chi connectivity index (χ0) is 42.2. The number of methoxy groups -OCH3 is 3. The minimum atomic E-state index is -1.24. The van der Waals surface area contributed by atoms with Crippen LogP contribution >= 0.6 is 0 Å². The predicted octanol–water partition coefficient (Wildman–Crippen LogP) is 2.40. The number of ether oxygens (including phenoxy) is 5. The van der Waals surface area contributed by atoms with Gasteiger partial charge in [-0.05, 0) is 106 Å². The summed E-state index contributed by atoms with van der Waals surface area (Å²) in [6, 6.07) is 22.0. The second-order valence-corrected chi connectivity index (χ2v) is 10.9. The molecule has 5 aromatic rings. The van der Waals surface area contributed by atoms with Crippen LogP contribution in [0.3, 0.4) is 0 Å². The van der Waals surface area contributed by atoms with Crippen molar-refractivity contribution in [3.05, 3.63) is 124 Å². The molecule has 0 saturated carbocycles. The number of carboxylic acid groups (broad SMARTS) is 1. The summed E-state index contributed by atoms with van der Waals surface area (Å²) in [6.45, 7) is 7.17. The molecular weight excluding hydrogens is 755 g/mol. The summed E-state index contributed by atoms with van der Waals surface area (Å²) in [5, 5.41) is 46.6. The van der Waals surface area contributed by atoms with Gasteiger partial charge in [0.1, 0.15) is 35.9 Å². The molecule has 0 saturated heterocycles. The van der Waals surface area contributed by atoms with Crippen molar-refractivity contribution in [2.45, 2.75) is 33.8 Å². The number of aromatic hydroxyl groups is 4. The van der Waals surface area contributed by atoms with Crippen molar-refractivity contribution in [2.24, 2.45) is 0 Å². The maximum Gasteiger partial charge on any atom is 1.00 e. The van der Waals surface area contributed by atoms with Gasteiger partial charge in [-0.25, -0.2) is 0 Å². The van der Waals surface area contributed by atoms with Crippen LogP contribution in [0.25, 0.3) is 0 Å². The number of aliphatic carboxylic acids is 1. The fraction of sp³-hybridized carbons (Fsp3) is 0.220. The van der Waals surface area contributed by atoms with E-state index in [1.54, 1.807) is 43.5 Å². The van der Waals surface area contributed by atoms with Gasteiger partial charge in [-0.3, -0.25) is 14.4 Å². The number of aldehydes is 2. The first-order valence-electron chi connectivity index (χ1n) is 16.5. The van der Waals surface area contributed by atoms with Gasteiger partial charge in [0.05, 0.1) is 40.2 Å². The molecule has 1 heterocycles. The molecule has 5 rings (SSSR count). The molecule has 1 atom stereocenters. The Labute approximate surface area is 351 Å². The van der Waals surface area contributed by atoms with Gasteiger partial charge in [0.15, 0.2) is 34.5 Å². The molecule has 4 aromatic carbocycles. The van der Waals surface area contributed by atoms with Crippen LogP contribution in [0.4, 0.5) is 0 Å². The van der Waals surface area contributed by atoms with Crippen molar-refractivity contribution in [3.8, 4) is 51.7 Å². The Hall–Kier alpha value is -6.16. The molecule has 0 spiro atoms. The average Bonchev–Trinajstić information content (AvgIpc) is 3.20. The first-order valence-corrected chi connectivity index (χ1v) is 16.5. The van der Waals surface area contributed by atoms with E-state index >= 15 is 0 Å². The number of aryl methyl sites for hydroxylation is 2. The standard InChI is InChI=1S/C10H12O4.C9H10O3.C8H8O3.C8H10O2.C6H6O3.Na/c1-7(10(11)12)14-9-5-3-8(13-2)4-6-9;1-2-12-9-5-7(6-10)3-4-8(9)11;1-11-8-4-6(5-9)2-3-7(8)10;1-6-3-4-7(9)8(5-6)10-2;1-4-6(8)5(7)2-3-9-4;/h3-7H,1-2H3,(H,11,12);3-6,11H,2H2,1H3;2-5,10H,1H3;3-5,9H,1-2H3;2-3,8H,1H3;/q;;;;;+1/p-1. The molecule has 4 N–H and O–H groups in total. The van der Waals surface area contributed by atoms with Crippen LogP contribution in [0, 0.1) is 13.8 Å². The third-order valence-electron chi connectivity index (χ3n) is 6.83. The topological polar surface area (TPSA) is 232 Å². The van der Waals surface area contributed by atoms with Crippen LogP contribution in [-0.2, 0) is 4.79 Å². The molecule has 0 fully saturated rings. The van der Waals surface area contributed by atoms with E-state index < -0.39 is 17.5 Å². The van der Waals surface area contributed by atoms with Gasteiger partial charge in [-0.1, -0.05) is 6.07 Å². The molecule has 0 amide bonds. The van der Waals surface area contributed by atoms with Crippen molar-refractivity contribution < 1.29 is 97.6 Å². The minimum Gasteiger partial charge on any atom is -0.546 e. The number of phenolic OH excluding ortho intramolecular Hbond substituents is 3. The maximum absolute atomic E-state index is 10.5. The number of carbonyl (C=O) groups is 3. The second kappa shape index (κ2) is 27.4. The largest absolute Gasteiger partial charge is 1.00 e. The Morgan fingerprint density at radius 1 is 0.719 bits per heavy atom. The van der Waals surface area contributed by atoms with Crippen LogP contribution in [-0.4, -0.2) is 73.0 Å². The second-order valence-electron chi connectivity index (χ2n) is 10.9. The van der Waals surface area contributed by atoms with E-state index in [0.717, 1.165) is 5.56 Å². The van der Waals surface area contributed by atoms with Gasteiger partial charge in [0, 0.05) is 17.2 Å². The van der Waals surface area contributed by atoms with E-state index in [1.807, 2.05) is 19.9 Å². The smallest absolute Gasteiger partial charge is 0.546 e. The van der Waals surface area contributed by atoms with Crippen LogP contribution in [0.5, 0.6) is 51.7 Å². The Kier molecular flexibility index (Phi) is 24.5. The van der Waals surface area contributed by atoms with Crippen molar-refractivity contribution in [2.75, 3.05) is 27.9 Å². The molecule has 300 valence electrons. The van der Waals surface area contributed by atoms with E-state index in [2.05, 4.69) is 4.42 Å². The normalized spacial score (nSPS) is 9.81. The minimum absolute atomic E-state index is 0. The number of hydrogen-bond donors (Lipinski definition) is 4. The molecule has 57 heavy (non-hydrogen) atoms. The summed E-state index contributed by atoms with van der Waals surface area (Å²) >= 11 is 0. The maximum atomic E-state index is 10.5. The third-order valence-corrected chi connectivity index (χ3v) is 6.83. The van der Waals surface area contributed by atoms with E-state index in [0.29, 0.717) is 59.1 Å². The van der Waals surface area contributed by atoms with Gasteiger partial charge in [0.25, 0.3) is 0 Å². The molecule has 0 aliphatic heterocycles. The monoisotopic (exact) mass is 800 g/mol. The first kappa shape index (κ1) is 50.8. The zero-order valence-electron chi connectivity index (χ0n) is 32.9. The Morgan fingerprint density at radius 2 is 1.19 bits per heavy atom. The van der Waals surface area contributed by atoms with Crippen molar-refractivity contribution in [3.63, 3.8) is 0 Å². The van der Waals surface area contributed by atoms with Crippen LogP contribution in [0.1, 0.15) is 45.9 Å². The summed E-state index contributed by atoms with van der Waals surface area (Å²) in [7, 11) is 4.53. The number of carbonyl (C=O) groups excluding carboxylic acids is 3. The van der Waals surface area contributed by atoms with Crippen LogP contribution in [0.2, 0.25) is 0 Å². The van der Waals surface area contributed by atoms with Crippen LogP contribution in [0.15, 0.2) is 100 Å². The number of carboxylic acids is 1. The predicted molar refractivity (Wildman–Crippen MR) is 204 cm³/mol. The summed E-state index contributed by atoms with van der Waals surface area (Å²) in [5.74, 6) is 1.35. The van der Waals surface area contributed by atoms with E-state index in [9.17, 15) is 29.4 Å². The Balaban J connectivity index is 0.000000690. The molecule has 15 nitrogen and oxygen atoms in total. The molecule has 0 aliphatic rings. The van der Waals surface area contributed by atoms with Gasteiger partial charge in [-0.2, -0.15) is 0 Å². The number of hydrogen-bond acceptors (Lipinski definition) is 15. The molecule has 1 unspecified atom stereocenters. The van der Waals surface area contributed by atoms with Crippen molar-refractivity contribution in [1.29, 1.82) is 0 Å². The quantitative estimate of drug-likeness (QED) is 0.117. The van der Waals surface area contributed by atoms with Gasteiger partial charge < -0.3 is 58.4 Å². The molecular formula is C41H45NaO15. The average molecular weight is 801 g/mol. The number of phenols is 3. The van der Waals surface area contributed by atoms with Crippen molar-refractivity contribution in [1.82, 2.24) is 0 Å². The molecule has 1 aromatic heterocycles. The fourth-order valence-electron chi connectivity index (χ4n) is 3.84. The van der Waals surface area contributed by atoms with E-state index in [4.69, 9.17) is 39.0 Å². The van der Waals surface area contributed by atoms with E-state index in [-0.39, 0.29) is 58.3 Å². The van der Waals surface area contributed by atoms with Gasteiger partial charge in [-0.15, -0.1) is 0 Å². The Bertz CT molecular complexity index is 2030. The van der Waals surface area contributed by atoms with E-state index in [1.165, 1.54) is 76.8 Å². The van der Waals surface area contributed by atoms with Gasteiger partial charge in [0.2, 0.25) is 11.2 Å². The zero-order valence-corrected chi connectivity index (χ0v) is 34.9. The third kappa shape index (κ3) is 18.8. The molecule has 0 radical (unpaired) electrons. The van der Waals surface area contributed by atoms with Crippen molar-refractivity contribution >= 4 is 18.5 Å². The summed E-state index contributed by atoms with van der Waals surface area (Å²) in [5.41, 5.74) is 1.66. The van der Waals surface area contributed by atoms with Crippen LogP contribution < -0.4 is 63.8 Å². The summed E-state index contributed by atoms with van der Waals surface area (Å²) in [4.78, 5) is 41.5. The fourth-order valence-corrected chi connectivity index (χ4v) is 3.84.